The standard InChI is InChI=1S/C58H57N4O.Pt/c1-55(2,3)42-24-19-25-45(32-42)61-39-60(38-53(61)58(9,10)41-22-15-12-16-23-41)46-33-44(56(4,5)6)34-48(36-46)63-47-28-29-50-49-26-17-18-27-51(49)62(52(50)37-47)54-35-43(30-31-59-54)57(7,8)40-20-13-11-14-21-40;/h11-35,38-39H,1-10H3;/q-3;. The molecule has 64 heavy (non-hydrogen) atoms. The van der Waals surface area contributed by atoms with Gasteiger partial charge in [-0.2, -0.15) is 6.07 Å². The number of fused-ring (bicyclic) bond motifs is 3. The van der Waals surface area contributed by atoms with Crippen LogP contribution in [0, 0.1) is 18.8 Å². The molecule has 0 unspecified atom stereocenters. The number of hydrogen-bond acceptors (Lipinski definition) is 4. The van der Waals surface area contributed by atoms with Gasteiger partial charge >= 0.3 is 0 Å². The van der Waals surface area contributed by atoms with Gasteiger partial charge in [0, 0.05) is 66.5 Å². The largest absolute Gasteiger partial charge is 0.509 e. The SMILES string of the molecule is CC(C)(C)c1cc(Oc2[c-]c3c(cc2)c2ccccc2n3-c2cc(C(C)(C)c3ccccc3)ccn2)[c-]c(N2C=C(C(C)(C)c3ccccc3)N(c3cccc(C(C)(C)C)c3)[CH-]2)c1.[Pt]. The van der Waals surface area contributed by atoms with Gasteiger partial charge in [-0.3, -0.25) is 0 Å². The predicted octanol–water partition coefficient (Wildman–Crippen LogP) is 14.8. The number of allylic oxidation sites excluding steroid dienone is 1. The number of aromatic nitrogens is 2. The summed E-state index contributed by atoms with van der Waals surface area (Å²) in [6.07, 6.45) is 4.18. The fraction of sp³-hybridized carbons (Fsp3) is 0.241. The molecule has 5 nitrogen and oxygen atoms in total. The van der Waals surface area contributed by atoms with Gasteiger partial charge in [-0.1, -0.05) is 166 Å². The third-order valence-corrected chi connectivity index (χ3v) is 12.8. The van der Waals surface area contributed by atoms with Crippen molar-refractivity contribution < 1.29 is 25.8 Å². The van der Waals surface area contributed by atoms with Crippen molar-refractivity contribution >= 4 is 33.2 Å². The molecule has 1 aliphatic heterocycles. The van der Waals surface area contributed by atoms with Crippen molar-refractivity contribution in [1.29, 1.82) is 0 Å². The number of para-hydroxylation sites is 1. The Balaban J connectivity index is 0.00000560. The third kappa shape index (κ3) is 8.43. The van der Waals surface area contributed by atoms with Crippen LogP contribution in [0.2, 0.25) is 0 Å². The first-order valence-electron chi connectivity index (χ1n) is 22.0. The molecule has 0 bridgehead atoms. The van der Waals surface area contributed by atoms with Crippen molar-refractivity contribution in [3.05, 3.63) is 210 Å². The summed E-state index contributed by atoms with van der Waals surface area (Å²) < 4.78 is 9.07. The van der Waals surface area contributed by atoms with Crippen LogP contribution in [0.5, 0.6) is 11.5 Å². The second kappa shape index (κ2) is 16.9. The molecule has 6 aromatic carbocycles. The molecule has 0 amide bonds. The third-order valence-electron chi connectivity index (χ3n) is 12.8. The zero-order valence-corrected chi connectivity index (χ0v) is 40.9. The van der Waals surface area contributed by atoms with E-state index < -0.39 is 0 Å². The summed E-state index contributed by atoms with van der Waals surface area (Å²) in [5, 5.41) is 2.22. The summed E-state index contributed by atoms with van der Waals surface area (Å²) in [4.78, 5) is 9.50. The zero-order chi connectivity index (χ0) is 44.3. The smallest absolute Gasteiger partial charge is 0.135 e. The second-order valence-corrected chi connectivity index (χ2v) is 20.0. The van der Waals surface area contributed by atoms with Crippen LogP contribution in [0.4, 0.5) is 11.4 Å². The molecule has 0 saturated heterocycles. The molecule has 0 fully saturated rings. The molecule has 0 atom stereocenters. The maximum atomic E-state index is 6.85. The quantitative estimate of drug-likeness (QED) is 0.135. The van der Waals surface area contributed by atoms with E-state index >= 15 is 0 Å². The average molecular weight is 1020 g/mol. The Hall–Kier alpha value is -5.90. The van der Waals surface area contributed by atoms with Crippen LogP contribution in [0.1, 0.15) is 97.1 Å². The van der Waals surface area contributed by atoms with Crippen molar-refractivity contribution in [3.8, 4) is 17.3 Å². The Bertz CT molecular complexity index is 2990. The van der Waals surface area contributed by atoms with E-state index in [4.69, 9.17) is 9.72 Å². The maximum Gasteiger partial charge on any atom is 0.135 e. The van der Waals surface area contributed by atoms with E-state index in [1.165, 1.54) is 22.3 Å². The van der Waals surface area contributed by atoms with Gasteiger partial charge in [0.05, 0.1) is 0 Å². The average Bonchev–Trinajstić information content (AvgIpc) is 3.87. The summed E-state index contributed by atoms with van der Waals surface area (Å²) >= 11 is 0. The van der Waals surface area contributed by atoms with Crippen molar-refractivity contribution in [2.45, 2.75) is 90.9 Å². The van der Waals surface area contributed by atoms with Crippen molar-refractivity contribution in [1.82, 2.24) is 9.55 Å². The molecule has 328 valence electrons. The first kappa shape index (κ1) is 44.7. The van der Waals surface area contributed by atoms with Gasteiger partial charge in [0.2, 0.25) is 0 Å². The zero-order valence-electron chi connectivity index (χ0n) is 38.6. The summed E-state index contributed by atoms with van der Waals surface area (Å²) in [5.74, 6) is 2.06. The first-order chi connectivity index (χ1) is 30.0. The number of anilines is 2. The molecule has 8 aromatic rings. The van der Waals surface area contributed by atoms with Gasteiger partial charge in [0.25, 0.3) is 0 Å². The number of nitrogens with zero attached hydrogens (tertiary/aromatic N) is 4. The van der Waals surface area contributed by atoms with Gasteiger partial charge in [-0.05, 0) is 75.0 Å². The van der Waals surface area contributed by atoms with Gasteiger partial charge in [-0.15, -0.1) is 53.6 Å². The van der Waals surface area contributed by atoms with Crippen molar-refractivity contribution in [2.75, 3.05) is 9.80 Å². The van der Waals surface area contributed by atoms with Gasteiger partial charge in [-0.25, -0.2) is 4.98 Å². The normalized spacial score (nSPS) is 13.6. The minimum Gasteiger partial charge on any atom is -0.509 e. The Kier molecular flexibility index (Phi) is 11.8. The predicted molar refractivity (Wildman–Crippen MR) is 262 cm³/mol. The molecule has 2 aromatic heterocycles. The van der Waals surface area contributed by atoms with Crippen LogP contribution >= 0.6 is 0 Å². The van der Waals surface area contributed by atoms with Crippen LogP contribution in [0.3, 0.4) is 0 Å². The molecule has 0 radical (unpaired) electrons. The minimum atomic E-state index is -0.320. The maximum absolute atomic E-state index is 6.85. The van der Waals surface area contributed by atoms with E-state index in [2.05, 4.69) is 248 Å². The second-order valence-electron chi connectivity index (χ2n) is 20.0. The van der Waals surface area contributed by atoms with Crippen LogP contribution < -0.4 is 14.5 Å². The Morgan fingerprint density at radius 1 is 0.531 bits per heavy atom. The van der Waals surface area contributed by atoms with E-state index in [1.54, 1.807) is 0 Å². The van der Waals surface area contributed by atoms with Crippen LogP contribution in [-0.2, 0) is 42.7 Å². The van der Waals surface area contributed by atoms with E-state index in [-0.39, 0.29) is 42.7 Å². The van der Waals surface area contributed by atoms with Crippen molar-refractivity contribution in [3.63, 3.8) is 0 Å². The monoisotopic (exact) mass is 1020 g/mol. The number of pyridine rings is 1. The Labute approximate surface area is 394 Å². The molecular weight excluding hydrogens is 964 g/mol. The molecule has 6 heteroatoms. The molecule has 0 aliphatic carbocycles. The fourth-order valence-electron chi connectivity index (χ4n) is 8.74. The molecule has 3 heterocycles. The summed E-state index contributed by atoms with van der Waals surface area (Å²) in [6.45, 7) is 24.9. The summed E-state index contributed by atoms with van der Waals surface area (Å²) in [6, 6.07) is 59.1. The first-order valence-corrected chi connectivity index (χ1v) is 22.0. The Morgan fingerprint density at radius 3 is 1.86 bits per heavy atom. The van der Waals surface area contributed by atoms with Gasteiger partial charge in [0.15, 0.2) is 0 Å². The molecular formula is C58H57N4OPt-3. The van der Waals surface area contributed by atoms with E-state index in [1.807, 2.05) is 12.3 Å². The number of benzene rings is 6. The van der Waals surface area contributed by atoms with Crippen molar-refractivity contribution in [2.24, 2.45) is 0 Å². The molecule has 0 spiro atoms. The fourth-order valence-corrected chi connectivity index (χ4v) is 8.74. The van der Waals surface area contributed by atoms with E-state index in [0.29, 0.717) is 11.5 Å². The Morgan fingerprint density at radius 2 is 1.17 bits per heavy atom. The van der Waals surface area contributed by atoms with Crippen LogP contribution in [-0.4, -0.2) is 9.55 Å². The van der Waals surface area contributed by atoms with Gasteiger partial charge < -0.3 is 19.1 Å². The number of hydrogen-bond donors (Lipinski definition) is 0. The molecule has 0 saturated carbocycles. The van der Waals surface area contributed by atoms with Crippen LogP contribution in [0.15, 0.2) is 164 Å². The summed E-state index contributed by atoms with van der Waals surface area (Å²) in [7, 11) is 0. The topological polar surface area (TPSA) is 33.5 Å². The number of rotatable bonds is 9. The minimum absolute atomic E-state index is 0. The summed E-state index contributed by atoms with van der Waals surface area (Å²) in [5.41, 5.74) is 10.5. The molecule has 9 rings (SSSR count). The molecule has 1 aliphatic rings. The molecule has 0 N–H and O–H groups in total. The number of ether oxygens (including phenoxy) is 1. The van der Waals surface area contributed by atoms with E-state index in [9.17, 15) is 0 Å². The van der Waals surface area contributed by atoms with E-state index in [0.717, 1.165) is 50.3 Å². The van der Waals surface area contributed by atoms with Crippen LogP contribution in [0.25, 0.3) is 27.6 Å². The van der Waals surface area contributed by atoms with Gasteiger partial charge in [0.1, 0.15) is 5.82 Å².